The van der Waals surface area contributed by atoms with Crippen LogP contribution >= 0.6 is 0 Å². The van der Waals surface area contributed by atoms with Crippen molar-refractivity contribution in [3.63, 3.8) is 0 Å². The van der Waals surface area contributed by atoms with Gasteiger partial charge >= 0.3 is 0 Å². The molecule has 1 amide bonds. The topological polar surface area (TPSA) is 86.4 Å². The lowest BCUT2D eigenvalue weighted by Crippen LogP contribution is -2.36. The van der Waals surface area contributed by atoms with Gasteiger partial charge in [-0.3, -0.25) is 9.89 Å². The maximum absolute atomic E-state index is 13.0. The minimum Gasteiger partial charge on any atom is -0.305 e. The van der Waals surface area contributed by atoms with Crippen molar-refractivity contribution in [1.29, 1.82) is 0 Å². The number of carbonyl (C=O) groups excluding carboxylic acids is 1. The van der Waals surface area contributed by atoms with Crippen LogP contribution in [-0.2, 0) is 16.4 Å². The van der Waals surface area contributed by atoms with E-state index in [-0.39, 0.29) is 10.8 Å². The molecule has 1 aromatic carbocycles. The van der Waals surface area contributed by atoms with Gasteiger partial charge in [0.25, 0.3) is 5.91 Å². The summed E-state index contributed by atoms with van der Waals surface area (Å²) in [5.74, 6) is -0.192. The van der Waals surface area contributed by atoms with E-state index in [4.69, 9.17) is 0 Å². The van der Waals surface area contributed by atoms with Crippen LogP contribution in [0.3, 0.4) is 0 Å². The van der Waals surface area contributed by atoms with E-state index in [2.05, 4.69) is 10.2 Å². The minimum absolute atomic E-state index is 0.190. The molecular weight excluding hydrogens is 352 g/mol. The highest BCUT2D eigenvalue weighted by molar-refractivity contribution is 7.89. The number of amides is 1. The average molecular weight is 374 g/mol. The molecule has 0 saturated carbocycles. The molecule has 8 heteroatoms. The van der Waals surface area contributed by atoms with Gasteiger partial charge in [-0.2, -0.15) is 9.40 Å². The number of rotatable bonds is 3. The number of hydrogen-bond donors (Lipinski definition) is 1. The summed E-state index contributed by atoms with van der Waals surface area (Å²) in [6, 6.07) is 6.39. The molecule has 4 rings (SSSR count). The van der Waals surface area contributed by atoms with E-state index in [0.29, 0.717) is 25.2 Å². The van der Waals surface area contributed by atoms with Crippen LogP contribution in [0.4, 0.5) is 5.69 Å². The lowest BCUT2D eigenvalue weighted by molar-refractivity contribution is 0.0985. The first kappa shape index (κ1) is 17.2. The van der Waals surface area contributed by atoms with E-state index in [1.165, 1.54) is 10.4 Å². The number of carbonyl (C=O) groups is 1. The van der Waals surface area contributed by atoms with E-state index in [9.17, 15) is 13.2 Å². The molecule has 0 aliphatic carbocycles. The fourth-order valence-corrected chi connectivity index (χ4v) is 5.23. The molecule has 26 heavy (non-hydrogen) atoms. The molecule has 1 N–H and O–H groups in total. The predicted molar refractivity (Wildman–Crippen MR) is 97.6 cm³/mol. The number of aromatic nitrogens is 2. The van der Waals surface area contributed by atoms with E-state index in [1.807, 2.05) is 0 Å². The molecular formula is C18H22N4O3S. The van der Waals surface area contributed by atoms with Gasteiger partial charge in [0, 0.05) is 25.2 Å². The van der Waals surface area contributed by atoms with Gasteiger partial charge in [0.1, 0.15) is 0 Å². The SMILES string of the molecule is O=C(c1cccc(S(=O)(=O)N2CCCCC2)c1)N1CCCc2[nH]ncc21. The lowest BCUT2D eigenvalue weighted by atomic mass is 10.1. The third kappa shape index (κ3) is 3.03. The highest BCUT2D eigenvalue weighted by atomic mass is 32.2. The largest absolute Gasteiger partial charge is 0.305 e. The number of sulfonamides is 1. The molecule has 0 unspecified atom stereocenters. The summed E-state index contributed by atoms with van der Waals surface area (Å²) in [7, 11) is -3.55. The molecule has 1 saturated heterocycles. The molecule has 138 valence electrons. The Hall–Kier alpha value is -2.19. The smallest absolute Gasteiger partial charge is 0.258 e. The van der Waals surface area contributed by atoms with Crippen LogP contribution in [0.15, 0.2) is 35.4 Å². The minimum atomic E-state index is -3.55. The normalized spacial score (nSPS) is 18.5. The van der Waals surface area contributed by atoms with Gasteiger partial charge in [-0.05, 0) is 43.9 Å². The van der Waals surface area contributed by atoms with E-state index < -0.39 is 10.0 Å². The van der Waals surface area contributed by atoms with Crippen molar-refractivity contribution < 1.29 is 13.2 Å². The van der Waals surface area contributed by atoms with Crippen molar-refractivity contribution in [1.82, 2.24) is 14.5 Å². The van der Waals surface area contributed by atoms with Gasteiger partial charge in [0.05, 0.1) is 22.5 Å². The molecule has 1 fully saturated rings. The molecule has 0 atom stereocenters. The fraction of sp³-hybridized carbons (Fsp3) is 0.444. The second-order valence-corrected chi connectivity index (χ2v) is 8.72. The van der Waals surface area contributed by atoms with Crippen LogP contribution in [0.1, 0.15) is 41.7 Å². The second kappa shape index (κ2) is 6.85. The summed E-state index contributed by atoms with van der Waals surface area (Å²) in [6.45, 7) is 1.70. The zero-order valence-corrected chi connectivity index (χ0v) is 15.3. The summed E-state index contributed by atoms with van der Waals surface area (Å²) in [5.41, 5.74) is 2.12. The highest BCUT2D eigenvalue weighted by Gasteiger charge is 2.29. The van der Waals surface area contributed by atoms with Gasteiger partial charge < -0.3 is 4.90 Å². The number of aryl methyl sites for hydroxylation is 1. The molecule has 1 aromatic heterocycles. The van der Waals surface area contributed by atoms with Crippen LogP contribution < -0.4 is 4.90 Å². The Morgan fingerprint density at radius 1 is 1.08 bits per heavy atom. The van der Waals surface area contributed by atoms with Crippen LogP contribution in [-0.4, -0.2) is 48.5 Å². The summed E-state index contributed by atoms with van der Waals surface area (Å²) >= 11 is 0. The zero-order chi connectivity index (χ0) is 18.1. The molecule has 2 aliphatic rings. The van der Waals surface area contributed by atoms with Crippen LogP contribution in [0.2, 0.25) is 0 Å². The lowest BCUT2D eigenvalue weighted by Gasteiger charge is -2.27. The average Bonchev–Trinajstić information content (AvgIpc) is 3.17. The summed E-state index contributed by atoms with van der Waals surface area (Å²) in [4.78, 5) is 14.9. The summed E-state index contributed by atoms with van der Waals surface area (Å²) in [6.07, 6.45) is 6.20. The maximum atomic E-state index is 13.0. The van der Waals surface area contributed by atoms with Crippen molar-refractivity contribution in [2.24, 2.45) is 0 Å². The Bertz CT molecular complexity index is 916. The first-order chi connectivity index (χ1) is 12.6. The van der Waals surface area contributed by atoms with Crippen LogP contribution in [0, 0.1) is 0 Å². The number of anilines is 1. The van der Waals surface area contributed by atoms with Gasteiger partial charge in [-0.1, -0.05) is 12.5 Å². The van der Waals surface area contributed by atoms with E-state index in [0.717, 1.165) is 43.5 Å². The zero-order valence-electron chi connectivity index (χ0n) is 14.5. The molecule has 7 nitrogen and oxygen atoms in total. The quantitative estimate of drug-likeness (QED) is 0.892. The number of H-pyrrole nitrogens is 1. The van der Waals surface area contributed by atoms with Crippen molar-refractivity contribution in [3.8, 4) is 0 Å². The van der Waals surface area contributed by atoms with Gasteiger partial charge in [0.2, 0.25) is 10.0 Å². The number of hydrogen-bond acceptors (Lipinski definition) is 4. The Balaban J connectivity index is 1.63. The molecule has 3 heterocycles. The van der Waals surface area contributed by atoms with Gasteiger partial charge in [-0.15, -0.1) is 0 Å². The Morgan fingerprint density at radius 3 is 2.69 bits per heavy atom. The second-order valence-electron chi connectivity index (χ2n) is 6.79. The Labute approximate surface area is 153 Å². The third-order valence-electron chi connectivity index (χ3n) is 5.07. The Kier molecular flexibility index (Phi) is 4.54. The number of fused-ring (bicyclic) bond motifs is 1. The number of aromatic amines is 1. The van der Waals surface area contributed by atoms with Crippen molar-refractivity contribution in [2.45, 2.75) is 37.0 Å². The van der Waals surface area contributed by atoms with Crippen molar-refractivity contribution in [3.05, 3.63) is 41.7 Å². The molecule has 2 aliphatic heterocycles. The molecule has 2 aromatic rings. The summed E-state index contributed by atoms with van der Waals surface area (Å²) in [5, 5.41) is 6.95. The van der Waals surface area contributed by atoms with E-state index >= 15 is 0 Å². The van der Waals surface area contributed by atoms with Crippen LogP contribution in [0.25, 0.3) is 0 Å². The van der Waals surface area contributed by atoms with Gasteiger partial charge in [0.15, 0.2) is 0 Å². The number of nitrogens with one attached hydrogen (secondary N) is 1. The van der Waals surface area contributed by atoms with Crippen molar-refractivity contribution >= 4 is 21.6 Å². The monoisotopic (exact) mass is 374 g/mol. The predicted octanol–water partition coefficient (Wildman–Crippen LogP) is 2.18. The molecule has 0 bridgehead atoms. The first-order valence-corrected chi connectivity index (χ1v) is 10.5. The molecule has 0 radical (unpaired) electrons. The third-order valence-corrected chi connectivity index (χ3v) is 6.97. The highest BCUT2D eigenvalue weighted by Crippen LogP contribution is 2.27. The van der Waals surface area contributed by atoms with Gasteiger partial charge in [-0.25, -0.2) is 8.42 Å². The molecule has 0 spiro atoms. The number of benzene rings is 1. The standard InChI is InChI=1S/C18H22N4O3S/c23-18(22-11-5-8-16-17(22)13-19-20-16)14-6-4-7-15(12-14)26(24,25)21-9-2-1-3-10-21/h4,6-7,12-13H,1-3,5,8-11H2,(H,19,20). The number of nitrogens with zero attached hydrogens (tertiary/aromatic N) is 3. The maximum Gasteiger partial charge on any atom is 0.258 e. The van der Waals surface area contributed by atoms with Crippen LogP contribution in [0.5, 0.6) is 0 Å². The fourth-order valence-electron chi connectivity index (χ4n) is 3.67. The number of piperidine rings is 1. The summed E-state index contributed by atoms with van der Waals surface area (Å²) < 4.78 is 27.3. The Morgan fingerprint density at radius 2 is 1.88 bits per heavy atom. The van der Waals surface area contributed by atoms with Crippen molar-refractivity contribution in [2.75, 3.05) is 24.5 Å². The van der Waals surface area contributed by atoms with E-state index in [1.54, 1.807) is 29.3 Å². The first-order valence-electron chi connectivity index (χ1n) is 9.02.